The second kappa shape index (κ2) is 10.5. The molecule has 0 bridgehead atoms. The third-order valence-electron chi connectivity index (χ3n) is 6.57. The van der Waals surface area contributed by atoms with Gasteiger partial charge in [-0.05, 0) is 44.7 Å². The zero-order valence-electron chi connectivity index (χ0n) is 19.6. The monoisotopic (exact) mass is 495 g/mol. The van der Waals surface area contributed by atoms with E-state index in [1.165, 1.54) is 6.07 Å². The van der Waals surface area contributed by atoms with Gasteiger partial charge in [0.2, 0.25) is 0 Å². The molecule has 0 radical (unpaired) electrons. The molecule has 6 nitrogen and oxygen atoms in total. The van der Waals surface area contributed by atoms with E-state index in [4.69, 9.17) is 21.4 Å². The van der Waals surface area contributed by atoms with Crippen molar-refractivity contribution in [1.29, 1.82) is 0 Å². The van der Waals surface area contributed by atoms with Crippen molar-refractivity contribution in [3.05, 3.63) is 41.1 Å². The Morgan fingerprint density at radius 2 is 2.09 bits per heavy atom. The maximum atomic E-state index is 13.7. The number of unbranched alkanes of at least 4 members (excludes halogenated alkanes) is 1. The highest BCUT2D eigenvalue weighted by Crippen LogP contribution is 2.46. The number of benzene rings is 1. The van der Waals surface area contributed by atoms with Gasteiger partial charge in [0.1, 0.15) is 11.9 Å². The standard InChI is InChI=1S/C25H34ClNO5S/c1-4-6-12-25(5-2)16-27(19-10-8-7-9-11-19)21-14-20(26)22(32-18(3)13-24(28)29)15-23(21)33(30,31)17-25/h7-8,10,14-15,18H,4-6,9,11-13,16-17H2,1-3H3,(H,28,29)/t18-,25-/m0/s1. The summed E-state index contributed by atoms with van der Waals surface area (Å²) in [6.07, 6.45) is 10.6. The van der Waals surface area contributed by atoms with E-state index in [2.05, 4.69) is 30.9 Å². The van der Waals surface area contributed by atoms with E-state index in [0.29, 0.717) is 12.2 Å². The van der Waals surface area contributed by atoms with Crippen LogP contribution < -0.4 is 9.64 Å². The average Bonchev–Trinajstić information content (AvgIpc) is 2.85. The Bertz CT molecular complexity index is 1050. The van der Waals surface area contributed by atoms with Gasteiger partial charge in [0, 0.05) is 23.7 Å². The van der Waals surface area contributed by atoms with Gasteiger partial charge in [-0.3, -0.25) is 4.79 Å². The number of ether oxygens (including phenoxy) is 1. The lowest BCUT2D eigenvalue weighted by Crippen LogP contribution is -2.39. The van der Waals surface area contributed by atoms with E-state index in [1.54, 1.807) is 13.0 Å². The molecule has 0 fully saturated rings. The molecular weight excluding hydrogens is 462 g/mol. The first-order chi connectivity index (χ1) is 15.6. The highest BCUT2D eigenvalue weighted by Gasteiger charge is 2.42. The number of sulfone groups is 1. The molecule has 3 rings (SSSR count). The molecule has 1 aromatic carbocycles. The lowest BCUT2D eigenvalue weighted by Gasteiger charge is -2.38. The molecule has 2 atom stereocenters. The molecule has 2 aliphatic rings. The number of rotatable bonds is 9. The van der Waals surface area contributed by atoms with Crippen molar-refractivity contribution in [3.8, 4) is 5.75 Å². The third kappa shape index (κ3) is 5.93. The number of fused-ring (bicyclic) bond motifs is 1. The summed E-state index contributed by atoms with van der Waals surface area (Å²) in [6, 6.07) is 3.16. The minimum absolute atomic E-state index is 0.0644. The molecule has 1 aliphatic carbocycles. The van der Waals surface area contributed by atoms with Crippen molar-refractivity contribution >= 4 is 33.1 Å². The Balaban J connectivity index is 2.14. The SMILES string of the molecule is CCCC[C@@]1(CC)CN(C2=CC=CCC2)c2cc(Cl)c(O[C@@H](C)CC(=O)O)cc2S(=O)(=O)C1. The Kier molecular flexibility index (Phi) is 8.17. The quantitative estimate of drug-likeness (QED) is 0.452. The summed E-state index contributed by atoms with van der Waals surface area (Å²) in [4.78, 5) is 13.4. The fourth-order valence-electron chi connectivity index (χ4n) is 4.69. The summed E-state index contributed by atoms with van der Waals surface area (Å²) in [5.74, 6) is -0.731. The molecule has 0 spiro atoms. The molecule has 182 valence electrons. The number of hydrogen-bond donors (Lipinski definition) is 1. The van der Waals surface area contributed by atoms with Crippen LogP contribution in [0, 0.1) is 5.41 Å². The van der Waals surface area contributed by atoms with Crippen LogP contribution in [0.5, 0.6) is 5.75 Å². The fraction of sp³-hybridized carbons (Fsp3) is 0.560. The summed E-state index contributed by atoms with van der Waals surface area (Å²) in [5, 5.41) is 9.32. The van der Waals surface area contributed by atoms with E-state index in [-0.39, 0.29) is 33.3 Å². The van der Waals surface area contributed by atoms with Gasteiger partial charge in [0.15, 0.2) is 9.84 Å². The van der Waals surface area contributed by atoms with Gasteiger partial charge in [-0.2, -0.15) is 0 Å². The number of carbonyl (C=O) groups is 1. The molecular formula is C25H34ClNO5S. The number of halogens is 1. The first kappa shape index (κ1) is 25.6. The molecule has 1 heterocycles. The second-order valence-electron chi connectivity index (χ2n) is 9.20. The average molecular weight is 496 g/mol. The molecule has 0 unspecified atom stereocenters. The van der Waals surface area contributed by atoms with Crippen LogP contribution in [0.3, 0.4) is 0 Å². The molecule has 1 aliphatic heterocycles. The first-order valence-electron chi connectivity index (χ1n) is 11.7. The maximum Gasteiger partial charge on any atom is 0.307 e. The molecule has 8 heteroatoms. The van der Waals surface area contributed by atoms with E-state index in [9.17, 15) is 13.2 Å². The van der Waals surface area contributed by atoms with Crippen LogP contribution in [-0.4, -0.2) is 37.9 Å². The van der Waals surface area contributed by atoms with Crippen LogP contribution in [0.15, 0.2) is 41.0 Å². The van der Waals surface area contributed by atoms with Gasteiger partial charge in [0.25, 0.3) is 0 Å². The topological polar surface area (TPSA) is 83.9 Å². The zero-order chi connectivity index (χ0) is 24.2. The van der Waals surface area contributed by atoms with E-state index in [1.807, 2.05) is 6.08 Å². The van der Waals surface area contributed by atoms with Gasteiger partial charge in [-0.1, -0.05) is 50.4 Å². The first-order valence-corrected chi connectivity index (χ1v) is 13.7. The Morgan fingerprint density at radius 3 is 2.70 bits per heavy atom. The zero-order valence-corrected chi connectivity index (χ0v) is 21.2. The lowest BCUT2D eigenvalue weighted by molar-refractivity contribution is -0.138. The van der Waals surface area contributed by atoms with Crippen molar-refractivity contribution < 1.29 is 23.1 Å². The number of aliphatic carboxylic acids is 1. The molecule has 1 aromatic rings. The molecule has 0 saturated heterocycles. The van der Waals surface area contributed by atoms with Crippen LogP contribution in [0.1, 0.15) is 65.7 Å². The van der Waals surface area contributed by atoms with Gasteiger partial charge in [-0.15, -0.1) is 0 Å². The minimum atomic E-state index is -3.64. The summed E-state index contributed by atoms with van der Waals surface area (Å²) >= 11 is 6.55. The van der Waals surface area contributed by atoms with E-state index < -0.39 is 21.9 Å². The maximum absolute atomic E-state index is 13.7. The van der Waals surface area contributed by atoms with Crippen molar-refractivity contribution in [1.82, 2.24) is 0 Å². The number of allylic oxidation sites excluding steroid dienone is 4. The molecule has 0 amide bonds. The number of anilines is 1. The molecule has 0 aromatic heterocycles. The summed E-state index contributed by atoms with van der Waals surface area (Å²) in [6.45, 7) is 6.44. The van der Waals surface area contributed by atoms with Crippen LogP contribution in [0.4, 0.5) is 5.69 Å². The predicted octanol–water partition coefficient (Wildman–Crippen LogP) is 6.00. The Labute approximate surface area is 202 Å². The van der Waals surface area contributed by atoms with Crippen molar-refractivity contribution in [2.75, 3.05) is 17.2 Å². The van der Waals surface area contributed by atoms with Crippen molar-refractivity contribution in [2.45, 2.75) is 76.7 Å². The minimum Gasteiger partial charge on any atom is -0.489 e. The smallest absolute Gasteiger partial charge is 0.307 e. The summed E-state index contributed by atoms with van der Waals surface area (Å²) in [7, 11) is -3.64. The lowest BCUT2D eigenvalue weighted by atomic mass is 9.81. The highest BCUT2D eigenvalue weighted by molar-refractivity contribution is 7.91. The van der Waals surface area contributed by atoms with Crippen LogP contribution in [0.2, 0.25) is 5.02 Å². The normalized spacial score (nSPS) is 22.8. The van der Waals surface area contributed by atoms with Gasteiger partial charge < -0.3 is 14.7 Å². The molecule has 33 heavy (non-hydrogen) atoms. The van der Waals surface area contributed by atoms with Crippen molar-refractivity contribution in [3.63, 3.8) is 0 Å². The highest BCUT2D eigenvalue weighted by atomic mass is 35.5. The van der Waals surface area contributed by atoms with Gasteiger partial charge in [0.05, 0.1) is 27.8 Å². The Morgan fingerprint density at radius 1 is 1.33 bits per heavy atom. The Hall–Kier alpha value is -1.99. The number of hydrogen-bond acceptors (Lipinski definition) is 5. The predicted molar refractivity (Wildman–Crippen MR) is 132 cm³/mol. The summed E-state index contributed by atoms with van der Waals surface area (Å²) in [5.41, 5.74) is 1.28. The van der Waals surface area contributed by atoms with Gasteiger partial charge >= 0.3 is 5.97 Å². The van der Waals surface area contributed by atoms with Crippen LogP contribution >= 0.6 is 11.6 Å². The fourth-order valence-corrected chi connectivity index (χ4v) is 7.07. The number of nitrogens with zero attached hydrogens (tertiary/aromatic N) is 1. The largest absolute Gasteiger partial charge is 0.489 e. The van der Waals surface area contributed by atoms with Crippen LogP contribution in [0.25, 0.3) is 0 Å². The van der Waals surface area contributed by atoms with Crippen molar-refractivity contribution in [2.24, 2.45) is 5.41 Å². The number of carboxylic acid groups (broad SMARTS) is 1. The van der Waals surface area contributed by atoms with Gasteiger partial charge in [-0.25, -0.2) is 8.42 Å². The van der Waals surface area contributed by atoms with E-state index in [0.717, 1.165) is 44.2 Å². The molecule has 0 saturated carbocycles. The van der Waals surface area contributed by atoms with E-state index >= 15 is 0 Å². The third-order valence-corrected chi connectivity index (χ3v) is 8.85. The molecule has 1 N–H and O–H groups in total. The second-order valence-corrected chi connectivity index (χ2v) is 11.6. The van der Waals surface area contributed by atoms with Crippen LogP contribution in [-0.2, 0) is 14.6 Å². The number of carboxylic acids is 1. The summed E-state index contributed by atoms with van der Waals surface area (Å²) < 4.78 is 33.2.